The first kappa shape index (κ1) is 29.8. The van der Waals surface area contributed by atoms with Crippen molar-refractivity contribution in [2.45, 2.75) is 77.8 Å². The van der Waals surface area contributed by atoms with E-state index in [1.54, 1.807) is 7.11 Å². The number of nitrogens with one attached hydrogen (secondary N) is 1. The molecule has 1 saturated carbocycles. The molecule has 5 heteroatoms. The molecule has 2 unspecified atom stereocenters. The van der Waals surface area contributed by atoms with Gasteiger partial charge < -0.3 is 19.4 Å². The zero-order valence-electron chi connectivity index (χ0n) is 25.3. The average molecular weight is 567 g/mol. The van der Waals surface area contributed by atoms with Crippen LogP contribution in [0.5, 0.6) is 11.5 Å². The van der Waals surface area contributed by atoms with Crippen molar-refractivity contribution >= 4 is 16.8 Å². The van der Waals surface area contributed by atoms with Gasteiger partial charge in [0.25, 0.3) is 5.91 Å². The molecule has 0 saturated heterocycles. The number of hydrogen-bond donors (Lipinski definition) is 1. The topological polar surface area (TPSA) is 52.5 Å². The average Bonchev–Trinajstić information content (AvgIpc) is 3.38. The third kappa shape index (κ3) is 7.76. The van der Waals surface area contributed by atoms with Crippen LogP contribution >= 0.6 is 0 Å². The van der Waals surface area contributed by atoms with E-state index in [0.29, 0.717) is 12.1 Å². The molecule has 0 bridgehead atoms. The second-order valence-corrected chi connectivity index (χ2v) is 11.9. The molecule has 1 fully saturated rings. The van der Waals surface area contributed by atoms with Crippen molar-refractivity contribution in [2.24, 2.45) is 11.8 Å². The predicted octanol–water partition coefficient (Wildman–Crippen LogP) is 8.72. The molecule has 5 rings (SSSR count). The van der Waals surface area contributed by atoms with Gasteiger partial charge in [0, 0.05) is 24.7 Å². The van der Waals surface area contributed by atoms with Gasteiger partial charge in [-0.25, -0.2) is 0 Å². The number of methoxy groups -OCH3 is 1. The maximum Gasteiger partial charge on any atom is 0.253 e. The Balaban J connectivity index is 1.17. The number of para-hydroxylation sites is 2. The lowest BCUT2D eigenvalue weighted by Crippen LogP contribution is -2.23. The molecule has 1 aliphatic rings. The van der Waals surface area contributed by atoms with Crippen molar-refractivity contribution < 1.29 is 14.3 Å². The summed E-state index contributed by atoms with van der Waals surface area (Å²) in [6.45, 7) is 4.29. The van der Waals surface area contributed by atoms with Crippen molar-refractivity contribution in [3.8, 4) is 11.5 Å². The van der Waals surface area contributed by atoms with Crippen molar-refractivity contribution in [3.63, 3.8) is 0 Å². The lowest BCUT2D eigenvalue weighted by atomic mass is 9.82. The lowest BCUT2D eigenvalue weighted by molar-refractivity contribution is 0.0952. The van der Waals surface area contributed by atoms with E-state index in [0.717, 1.165) is 65.8 Å². The summed E-state index contributed by atoms with van der Waals surface area (Å²) in [6.07, 6.45) is 13.4. The Morgan fingerprint density at radius 1 is 0.881 bits per heavy atom. The Morgan fingerprint density at radius 2 is 1.62 bits per heavy atom. The number of amides is 1. The minimum Gasteiger partial charge on any atom is -0.495 e. The SMILES string of the molecule is COc1cccc2c(C(=O)NCc3ccccc3C)cn(CCCC3CCCCC(CCOc4ccccc4)CC3)c12. The molecule has 5 nitrogen and oxygen atoms in total. The van der Waals surface area contributed by atoms with Crippen molar-refractivity contribution in [1.29, 1.82) is 0 Å². The van der Waals surface area contributed by atoms with Crippen LogP contribution in [0, 0.1) is 18.8 Å². The molecule has 0 spiro atoms. The maximum atomic E-state index is 13.4. The van der Waals surface area contributed by atoms with Crippen LogP contribution in [-0.2, 0) is 13.1 Å². The van der Waals surface area contributed by atoms with E-state index >= 15 is 0 Å². The molecule has 1 N–H and O–H groups in total. The summed E-state index contributed by atoms with van der Waals surface area (Å²) < 4.78 is 14.0. The first-order chi connectivity index (χ1) is 20.6. The van der Waals surface area contributed by atoms with E-state index in [4.69, 9.17) is 9.47 Å². The standard InChI is InChI=1S/C37H46N2O3/c1-28-12-6-9-16-31(28)26-38-37(40)34-27-39(36-33(34)19-10-20-35(36)41-2)24-11-15-29-13-7-8-14-30(22-21-29)23-25-42-32-17-4-3-5-18-32/h3-6,9-10,12,16-20,27,29-30H,7-8,11,13-15,21-26H2,1-2H3,(H,38,40). The number of aromatic nitrogens is 1. The van der Waals surface area contributed by atoms with Crippen LogP contribution < -0.4 is 14.8 Å². The quantitative estimate of drug-likeness (QED) is 0.187. The van der Waals surface area contributed by atoms with Gasteiger partial charge in [-0.3, -0.25) is 4.79 Å². The highest BCUT2D eigenvalue weighted by Crippen LogP contribution is 2.33. The number of ether oxygens (including phenoxy) is 2. The monoisotopic (exact) mass is 566 g/mol. The van der Waals surface area contributed by atoms with Crippen molar-refractivity contribution in [2.75, 3.05) is 13.7 Å². The second kappa shape index (κ2) is 14.9. The van der Waals surface area contributed by atoms with Crippen molar-refractivity contribution in [1.82, 2.24) is 9.88 Å². The van der Waals surface area contributed by atoms with Crippen LogP contribution in [0.3, 0.4) is 0 Å². The summed E-state index contributed by atoms with van der Waals surface area (Å²) in [5.74, 6) is 3.27. The summed E-state index contributed by atoms with van der Waals surface area (Å²) in [4.78, 5) is 13.4. The fourth-order valence-corrected chi connectivity index (χ4v) is 6.54. The lowest BCUT2D eigenvalue weighted by Gasteiger charge is -2.25. The third-order valence-electron chi connectivity index (χ3n) is 9.03. The molecule has 222 valence electrons. The molecule has 0 radical (unpaired) electrons. The number of nitrogens with zero attached hydrogens (tertiary/aromatic N) is 1. The molecule has 4 aromatic rings. The molecule has 1 aliphatic carbocycles. The molecule has 0 aliphatic heterocycles. The van der Waals surface area contributed by atoms with Gasteiger partial charge in [0.05, 0.1) is 24.8 Å². The van der Waals surface area contributed by atoms with Gasteiger partial charge in [0.2, 0.25) is 0 Å². The molecule has 42 heavy (non-hydrogen) atoms. The van der Waals surface area contributed by atoms with Crippen LogP contribution in [0.15, 0.2) is 79.0 Å². The Hall–Kier alpha value is -3.73. The molecular weight excluding hydrogens is 520 g/mol. The molecule has 1 amide bonds. The van der Waals surface area contributed by atoms with Gasteiger partial charge in [-0.15, -0.1) is 0 Å². The Bertz CT molecular complexity index is 1430. The molecule has 1 aromatic heterocycles. The third-order valence-corrected chi connectivity index (χ3v) is 9.03. The minimum atomic E-state index is -0.0439. The fraction of sp³-hybridized carbons (Fsp3) is 0.432. The van der Waals surface area contributed by atoms with Crippen LogP contribution in [0.4, 0.5) is 0 Å². The van der Waals surface area contributed by atoms with Gasteiger partial charge in [0.15, 0.2) is 0 Å². The number of carbonyl (C=O) groups is 1. The molecule has 1 heterocycles. The smallest absolute Gasteiger partial charge is 0.253 e. The van der Waals surface area contributed by atoms with E-state index in [2.05, 4.69) is 28.9 Å². The van der Waals surface area contributed by atoms with Gasteiger partial charge in [-0.2, -0.15) is 0 Å². The Labute approximate surface area is 251 Å². The summed E-state index contributed by atoms with van der Waals surface area (Å²) in [5, 5.41) is 4.09. The van der Waals surface area contributed by atoms with E-state index in [1.165, 1.54) is 50.5 Å². The molecule has 3 aromatic carbocycles. The fourth-order valence-electron chi connectivity index (χ4n) is 6.54. The number of benzene rings is 3. The van der Waals surface area contributed by atoms with Crippen LogP contribution in [0.2, 0.25) is 0 Å². The van der Waals surface area contributed by atoms with E-state index in [9.17, 15) is 4.79 Å². The number of aryl methyl sites for hydroxylation is 2. The van der Waals surface area contributed by atoms with Crippen LogP contribution in [0.1, 0.15) is 79.3 Å². The Kier molecular flexibility index (Phi) is 10.6. The number of hydrogen-bond acceptors (Lipinski definition) is 3. The summed E-state index contributed by atoms with van der Waals surface area (Å²) in [7, 11) is 1.71. The van der Waals surface area contributed by atoms with Gasteiger partial charge in [-0.05, 0) is 67.3 Å². The first-order valence-electron chi connectivity index (χ1n) is 15.8. The number of fused-ring (bicyclic) bond motifs is 1. The zero-order chi connectivity index (χ0) is 29.1. The van der Waals surface area contributed by atoms with E-state index in [-0.39, 0.29) is 5.91 Å². The highest BCUT2D eigenvalue weighted by molar-refractivity contribution is 6.08. The first-order valence-corrected chi connectivity index (χ1v) is 15.8. The number of carbonyl (C=O) groups excluding carboxylic acids is 1. The van der Waals surface area contributed by atoms with Crippen LogP contribution in [-0.4, -0.2) is 24.2 Å². The van der Waals surface area contributed by atoms with E-state index in [1.807, 2.05) is 66.9 Å². The maximum absolute atomic E-state index is 13.4. The molecular formula is C37H46N2O3. The number of rotatable bonds is 12. The highest BCUT2D eigenvalue weighted by atomic mass is 16.5. The summed E-state index contributed by atoms with van der Waals surface area (Å²) in [5.41, 5.74) is 4.04. The highest BCUT2D eigenvalue weighted by Gasteiger charge is 2.20. The van der Waals surface area contributed by atoms with Crippen LogP contribution in [0.25, 0.3) is 10.9 Å². The zero-order valence-corrected chi connectivity index (χ0v) is 25.3. The Morgan fingerprint density at radius 3 is 2.38 bits per heavy atom. The summed E-state index contributed by atoms with van der Waals surface area (Å²) >= 11 is 0. The minimum absolute atomic E-state index is 0.0439. The van der Waals surface area contributed by atoms with Gasteiger partial charge >= 0.3 is 0 Å². The summed E-state index contributed by atoms with van der Waals surface area (Å²) in [6, 6.07) is 24.4. The normalized spacial score (nSPS) is 17.4. The van der Waals surface area contributed by atoms with Gasteiger partial charge in [-0.1, -0.05) is 93.1 Å². The van der Waals surface area contributed by atoms with Gasteiger partial charge in [0.1, 0.15) is 11.5 Å². The van der Waals surface area contributed by atoms with Crippen molar-refractivity contribution in [3.05, 3.63) is 95.7 Å². The van der Waals surface area contributed by atoms with E-state index < -0.39 is 0 Å². The second-order valence-electron chi connectivity index (χ2n) is 11.9. The largest absolute Gasteiger partial charge is 0.495 e. The molecule has 2 atom stereocenters. The predicted molar refractivity (Wildman–Crippen MR) is 171 cm³/mol.